The van der Waals surface area contributed by atoms with Crippen LogP contribution >= 0.6 is 11.8 Å². The minimum absolute atomic E-state index is 0.0831. The number of carbonyl (C=O) groups is 2. The number of nitrogens with zero attached hydrogens (tertiary/aromatic N) is 1. The van der Waals surface area contributed by atoms with Crippen LogP contribution < -0.4 is 5.32 Å². The first kappa shape index (κ1) is 34.8. The Balaban J connectivity index is 0. The van der Waals surface area contributed by atoms with Gasteiger partial charge in [0.1, 0.15) is 0 Å². The topological polar surface area (TPSA) is 77.0 Å². The van der Waals surface area contributed by atoms with Crippen LogP contribution in [-0.4, -0.2) is 44.0 Å². The third-order valence-corrected chi connectivity index (χ3v) is 5.21. The number of esters is 1. The van der Waals surface area contributed by atoms with Crippen LogP contribution in [0.5, 0.6) is 0 Å². The Morgan fingerprint density at radius 2 is 1.71 bits per heavy atom. The molecule has 0 radical (unpaired) electrons. The van der Waals surface area contributed by atoms with Gasteiger partial charge in [-0.05, 0) is 52.5 Å². The normalized spacial score (nSPS) is 11.5. The highest BCUT2D eigenvalue weighted by molar-refractivity contribution is 8.02. The number of rotatable bonds is 8. The quantitative estimate of drug-likeness (QED) is 0.235. The molecule has 0 unspecified atom stereocenters. The molecule has 1 aliphatic heterocycles. The average molecular weight is 507 g/mol. The van der Waals surface area contributed by atoms with Gasteiger partial charge in [-0.3, -0.25) is 14.6 Å². The van der Waals surface area contributed by atoms with E-state index in [1.165, 1.54) is 10.5 Å². The summed E-state index contributed by atoms with van der Waals surface area (Å²) in [5.74, 6) is -0.0396. The fraction of sp³-hybridized carbons (Fsp3) is 0.536. The van der Waals surface area contributed by atoms with Crippen molar-refractivity contribution in [3.05, 3.63) is 53.1 Å². The van der Waals surface area contributed by atoms with Gasteiger partial charge in [-0.15, -0.1) is 0 Å². The molecule has 35 heavy (non-hydrogen) atoms. The highest BCUT2D eigenvalue weighted by atomic mass is 32.2. The summed E-state index contributed by atoms with van der Waals surface area (Å²) in [5, 5.41) is 4.80. The molecule has 6 nitrogen and oxygen atoms in total. The molecule has 0 fully saturated rings. The number of allylic oxidation sites excluding steroid dienone is 3. The molecule has 0 aliphatic carbocycles. The molecular formula is C28H46N2O4S. The van der Waals surface area contributed by atoms with Crippen molar-refractivity contribution in [2.24, 2.45) is 4.99 Å². The Kier molecular flexibility index (Phi) is 24.6. The summed E-state index contributed by atoms with van der Waals surface area (Å²) in [6.45, 7) is 18.0. The second kappa shape index (κ2) is 24.7. The van der Waals surface area contributed by atoms with E-state index in [4.69, 9.17) is 4.74 Å². The lowest BCUT2D eigenvalue weighted by atomic mass is 10.1. The van der Waals surface area contributed by atoms with Gasteiger partial charge in [-0.2, -0.15) is 0 Å². The molecule has 0 aromatic heterocycles. The Morgan fingerprint density at radius 3 is 2.20 bits per heavy atom. The van der Waals surface area contributed by atoms with Crippen LogP contribution in [0, 0.1) is 0 Å². The number of amides is 1. The molecule has 0 saturated heterocycles. The van der Waals surface area contributed by atoms with Gasteiger partial charge in [0.05, 0.1) is 13.2 Å². The van der Waals surface area contributed by atoms with Crippen molar-refractivity contribution in [3.63, 3.8) is 0 Å². The first-order valence-corrected chi connectivity index (χ1v) is 13.3. The molecule has 7 heteroatoms. The first-order chi connectivity index (χ1) is 16.8. The molecule has 0 spiro atoms. The Hall–Kier alpha value is -2.38. The maximum absolute atomic E-state index is 10.6. The van der Waals surface area contributed by atoms with Crippen LogP contribution in [0.4, 0.5) is 0 Å². The van der Waals surface area contributed by atoms with Crippen LogP contribution in [0.15, 0.2) is 57.4 Å². The predicted octanol–water partition coefficient (Wildman–Crippen LogP) is 6.94. The summed E-state index contributed by atoms with van der Waals surface area (Å²) < 4.78 is 9.57. The molecule has 1 heterocycles. The van der Waals surface area contributed by atoms with Crippen LogP contribution in [0.1, 0.15) is 80.2 Å². The van der Waals surface area contributed by atoms with E-state index in [9.17, 15) is 9.59 Å². The lowest BCUT2D eigenvalue weighted by molar-refractivity contribution is -0.142. The van der Waals surface area contributed by atoms with Crippen LogP contribution in [0.25, 0.3) is 0 Å². The van der Waals surface area contributed by atoms with Crippen molar-refractivity contribution in [2.75, 3.05) is 26.4 Å². The Labute approximate surface area is 217 Å². The SMILES string of the molecule is C/C=C\CC.CC1=CSc2ccccc2C(C)=N1.CCOC(=O)CC.CCOCCNC(=O)CC. The molecule has 1 amide bonds. The highest BCUT2D eigenvalue weighted by Crippen LogP contribution is 2.28. The maximum Gasteiger partial charge on any atom is 0.305 e. The van der Waals surface area contributed by atoms with Gasteiger partial charge >= 0.3 is 5.97 Å². The minimum Gasteiger partial charge on any atom is -0.466 e. The molecule has 1 aromatic carbocycles. The van der Waals surface area contributed by atoms with Gasteiger partial charge in [0, 0.05) is 47.9 Å². The minimum atomic E-state index is -0.123. The lowest BCUT2D eigenvalue weighted by Crippen LogP contribution is -2.26. The van der Waals surface area contributed by atoms with E-state index >= 15 is 0 Å². The van der Waals surface area contributed by atoms with Crippen molar-refractivity contribution in [3.8, 4) is 0 Å². The molecule has 1 aromatic rings. The molecule has 0 saturated carbocycles. The van der Waals surface area contributed by atoms with E-state index in [-0.39, 0.29) is 11.9 Å². The molecule has 0 atom stereocenters. The van der Waals surface area contributed by atoms with Crippen molar-refractivity contribution in [1.29, 1.82) is 0 Å². The number of hydrogen-bond acceptors (Lipinski definition) is 6. The summed E-state index contributed by atoms with van der Waals surface area (Å²) in [4.78, 5) is 26.6. The largest absolute Gasteiger partial charge is 0.466 e. The number of aliphatic imine (C=N–C) groups is 1. The van der Waals surface area contributed by atoms with E-state index in [2.05, 4.69) is 70.7 Å². The standard InChI is InChI=1S/C11H11NS.C7H15NO2.C5H10O2.C5H10/c1-8-7-13-11-6-4-3-5-10(11)9(2)12-8;1-3-7(9)8-5-6-10-4-2;1-3-5(6)7-4-2;1-3-5-4-2/h3-7H,1-2H3;3-6H2,1-2H3,(H,8,9);3-4H2,1-2H3;3,5H,4H2,1-2H3/b;;;5-3-. The Morgan fingerprint density at radius 1 is 1.03 bits per heavy atom. The van der Waals surface area contributed by atoms with Crippen LogP contribution in [0.3, 0.4) is 0 Å². The summed E-state index contributed by atoms with van der Waals surface area (Å²) in [6, 6.07) is 8.37. The highest BCUT2D eigenvalue weighted by Gasteiger charge is 2.07. The number of nitrogens with one attached hydrogen (secondary N) is 1. The third kappa shape index (κ3) is 20.7. The van der Waals surface area contributed by atoms with E-state index < -0.39 is 0 Å². The van der Waals surface area contributed by atoms with Crippen molar-refractivity contribution >= 4 is 29.4 Å². The van der Waals surface area contributed by atoms with Gasteiger partial charge in [-0.25, -0.2) is 0 Å². The summed E-state index contributed by atoms with van der Waals surface area (Å²) in [6.07, 6.45) is 6.37. The number of ether oxygens (including phenoxy) is 2. The molecular weight excluding hydrogens is 460 g/mol. The fourth-order valence-electron chi connectivity index (χ4n) is 2.40. The zero-order valence-corrected chi connectivity index (χ0v) is 23.8. The molecule has 1 N–H and O–H groups in total. The van der Waals surface area contributed by atoms with Gasteiger partial charge in [0.15, 0.2) is 0 Å². The van der Waals surface area contributed by atoms with Gasteiger partial charge < -0.3 is 14.8 Å². The summed E-state index contributed by atoms with van der Waals surface area (Å²) in [5.41, 5.74) is 3.44. The van der Waals surface area contributed by atoms with Crippen LogP contribution in [-0.2, 0) is 19.1 Å². The molecule has 1 aliphatic rings. The van der Waals surface area contributed by atoms with Gasteiger partial charge in [0.25, 0.3) is 0 Å². The van der Waals surface area contributed by atoms with Crippen LogP contribution in [0.2, 0.25) is 0 Å². The molecule has 0 bridgehead atoms. The molecule has 198 valence electrons. The maximum atomic E-state index is 10.6. The smallest absolute Gasteiger partial charge is 0.305 e. The van der Waals surface area contributed by atoms with E-state index in [0.717, 1.165) is 17.8 Å². The summed E-state index contributed by atoms with van der Waals surface area (Å²) >= 11 is 1.74. The number of thioether (sulfide) groups is 1. The number of carbonyl (C=O) groups excluding carboxylic acids is 2. The monoisotopic (exact) mass is 506 g/mol. The number of benzene rings is 1. The first-order valence-electron chi connectivity index (χ1n) is 12.4. The summed E-state index contributed by atoms with van der Waals surface area (Å²) in [7, 11) is 0. The van der Waals surface area contributed by atoms with E-state index in [1.54, 1.807) is 25.6 Å². The van der Waals surface area contributed by atoms with Crippen molar-refractivity contribution in [1.82, 2.24) is 5.32 Å². The van der Waals surface area contributed by atoms with Gasteiger partial charge in [-0.1, -0.05) is 62.9 Å². The van der Waals surface area contributed by atoms with Crippen molar-refractivity contribution < 1.29 is 19.1 Å². The van der Waals surface area contributed by atoms with E-state index in [1.807, 2.05) is 27.7 Å². The number of hydrogen-bond donors (Lipinski definition) is 1. The number of fused-ring (bicyclic) bond motifs is 1. The Bertz CT molecular complexity index is 789. The average Bonchev–Trinajstić information content (AvgIpc) is 3.01. The second-order valence-electron chi connectivity index (χ2n) is 7.11. The fourth-order valence-corrected chi connectivity index (χ4v) is 3.25. The molecule has 2 rings (SSSR count). The zero-order chi connectivity index (χ0) is 26.9. The van der Waals surface area contributed by atoms with Crippen molar-refractivity contribution in [2.45, 2.75) is 79.5 Å². The third-order valence-electron chi connectivity index (χ3n) is 4.14. The van der Waals surface area contributed by atoms with E-state index in [0.29, 0.717) is 39.2 Å². The second-order valence-corrected chi connectivity index (χ2v) is 8.02. The predicted molar refractivity (Wildman–Crippen MR) is 150 cm³/mol. The van der Waals surface area contributed by atoms with Gasteiger partial charge in [0.2, 0.25) is 5.91 Å². The zero-order valence-electron chi connectivity index (χ0n) is 23.0. The lowest BCUT2D eigenvalue weighted by Gasteiger charge is -2.02.